The Kier molecular flexibility index (Phi) is 7.96. The van der Waals surface area contributed by atoms with E-state index in [1.165, 1.54) is 5.56 Å². The first kappa shape index (κ1) is 19.0. The van der Waals surface area contributed by atoms with E-state index in [1.807, 2.05) is 24.3 Å². The van der Waals surface area contributed by atoms with Crippen LogP contribution in [0, 0.1) is 6.92 Å². The molecule has 4 heteroatoms. The number of unbranched alkanes of at least 4 members (excludes halogenated alkanes) is 2. The SMILES string of the molecule is CCCCOc1cc(/C=C/c2cccc(C)c2)nnc1OCCCC. The Morgan fingerprint density at radius 3 is 2.40 bits per heavy atom. The molecule has 0 unspecified atom stereocenters. The largest absolute Gasteiger partial charge is 0.488 e. The van der Waals surface area contributed by atoms with Crippen molar-refractivity contribution >= 4 is 12.2 Å². The van der Waals surface area contributed by atoms with E-state index >= 15 is 0 Å². The molecule has 1 aromatic heterocycles. The molecule has 0 aliphatic heterocycles. The molecule has 0 aliphatic carbocycles. The normalized spacial score (nSPS) is 11.0. The molecule has 0 N–H and O–H groups in total. The number of hydrogen-bond donors (Lipinski definition) is 0. The summed E-state index contributed by atoms with van der Waals surface area (Å²) in [6.45, 7) is 7.65. The minimum absolute atomic E-state index is 0.484. The van der Waals surface area contributed by atoms with Crippen LogP contribution in [-0.2, 0) is 0 Å². The van der Waals surface area contributed by atoms with Gasteiger partial charge in [0.05, 0.1) is 18.9 Å². The van der Waals surface area contributed by atoms with Crippen LogP contribution < -0.4 is 9.47 Å². The molecule has 0 radical (unpaired) electrons. The van der Waals surface area contributed by atoms with E-state index in [4.69, 9.17) is 9.47 Å². The van der Waals surface area contributed by atoms with Gasteiger partial charge in [0.25, 0.3) is 5.88 Å². The van der Waals surface area contributed by atoms with E-state index in [0.717, 1.165) is 36.9 Å². The summed E-state index contributed by atoms with van der Waals surface area (Å²) >= 11 is 0. The van der Waals surface area contributed by atoms with Crippen molar-refractivity contribution in [3.8, 4) is 11.6 Å². The van der Waals surface area contributed by atoms with Crippen LogP contribution in [0.25, 0.3) is 12.2 Å². The van der Waals surface area contributed by atoms with Gasteiger partial charge in [-0.15, -0.1) is 10.2 Å². The van der Waals surface area contributed by atoms with Crippen LogP contribution in [0.15, 0.2) is 30.3 Å². The standard InChI is InChI=1S/C21H28N2O2/c1-4-6-13-24-20-16-19(22-23-21(20)25-14-7-5-2)12-11-18-10-8-9-17(3)15-18/h8-12,15-16H,4-7,13-14H2,1-3H3/b12-11+. The van der Waals surface area contributed by atoms with Crippen molar-refractivity contribution in [3.05, 3.63) is 47.2 Å². The van der Waals surface area contributed by atoms with Gasteiger partial charge in [-0.2, -0.15) is 0 Å². The van der Waals surface area contributed by atoms with Gasteiger partial charge >= 0.3 is 0 Å². The summed E-state index contributed by atoms with van der Waals surface area (Å²) in [5.74, 6) is 1.15. The van der Waals surface area contributed by atoms with E-state index in [9.17, 15) is 0 Å². The number of rotatable bonds is 10. The minimum atomic E-state index is 0.484. The molecular weight excluding hydrogens is 312 g/mol. The number of aromatic nitrogens is 2. The van der Waals surface area contributed by atoms with Crippen molar-refractivity contribution in [1.29, 1.82) is 0 Å². The summed E-state index contributed by atoms with van der Waals surface area (Å²) < 4.78 is 11.6. The average Bonchev–Trinajstić information content (AvgIpc) is 2.62. The summed E-state index contributed by atoms with van der Waals surface area (Å²) in [6.07, 6.45) is 8.15. The van der Waals surface area contributed by atoms with Crippen molar-refractivity contribution in [3.63, 3.8) is 0 Å². The number of aryl methyl sites for hydroxylation is 1. The fourth-order valence-electron chi connectivity index (χ4n) is 2.26. The highest BCUT2D eigenvalue weighted by molar-refractivity contribution is 5.68. The molecule has 4 nitrogen and oxygen atoms in total. The fraction of sp³-hybridized carbons (Fsp3) is 0.429. The van der Waals surface area contributed by atoms with Crippen LogP contribution >= 0.6 is 0 Å². The third kappa shape index (κ3) is 6.57. The lowest BCUT2D eigenvalue weighted by molar-refractivity contribution is 0.250. The average molecular weight is 340 g/mol. The van der Waals surface area contributed by atoms with Crippen molar-refractivity contribution < 1.29 is 9.47 Å². The molecule has 0 aliphatic rings. The molecule has 134 valence electrons. The van der Waals surface area contributed by atoms with Crippen LogP contribution in [0.1, 0.15) is 56.4 Å². The van der Waals surface area contributed by atoms with Gasteiger partial charge < -0.3 is 9.47 Å². The molecule has 0 amide bonds. The molecular formula is C21H28N2O2. The first-order valence-electron chi connectivity index (χ1n) is 9.11. The van der Waals surface area contributed by atoms with Gasteiger partial charge in [0.1, 0.15) is 0 Å². The topological polar surface area (TPSA) is 44.2 Å². The Hall–Kier alpha value is -2.36. The highest BCUT2D eigenvalue weighted by Gasteiger charge is 2.09. The molecule has 25 heavy (non-hydrogen) atoms. The second kappa shape index (κ2) is 10.5. The third-order valence-corrected chi connectivity index (χ3v) is 3.73. The number of benzene rings is 1. The predicted octanol–water partition coefficient (Wildman–Crippen LogP) is 5.31. The van der Waals surface area contributed by atoms with Gasteiger partial charge in [-0.05, 0) is 31.4 Å². The Morgan fingerprint density at radius 1 is 0.920 bits per heavy atom. The maximum Gasteiger partial charge on any atom is 0.276 e. The maximum atomic E-state index is 5.86. The smallest absolute Gasteiger partial charge is 0.276 e. The van der Waals surface area contributed by atoms with Crippen molar-refractivity contribution in [1.82, 2.24) is 10.2 Å². The van der Waals surface area contributed by atoms with Crippen LogP contribution in [-0.4, -0.2) is 23.4 Å². The van der Waals surface area contributed by atoms with E-state index in [1.54, 1.807) is 0 Å². The Bertz CT molecular complexity index is 683. The van der Waals surface area contributed by atoms with Crippen LogP contribution in [0.5, 0.6) is 11.6 Å². The highest BCUT2D eigenvalue weighted by atomic mass is 16.5. The molecule has 0 saturated carbocycles. The van der Waals surface area contributed by atoms with Crippen molar-refractivity contribution in [2.24, 2.45) is 0 Å². The maximum absolute atomic E-state index is 5.86. The lowest BCUT2D eigenvalue weighted by Gasteiger charge is -2.11. The number of nitrogens with zero attached hydrogens (tertiary/aromatic N) is 2. The zero-order valence-electron chi connectivity index (χ0n) is 15.5. The summed E-state index contributed by atoms with van der Waals surface area (Å²) in [6, 6.07) is 10.2. The van der Waals surface area contributed by atoms with E-state index in [2.05, 4.69) is 49.2 Å². The molecule has 0 saturated heterocycles. The highest BCUT2D eigenvalue weighted by Crippen LogP contribution is 2.25. The van der Waals surface area contributed by atoms with Crippen molar-refractivity contribution in [2.45, 2.75) is 46.5 Å². The zero-order chi connectivity index (χ0) is 17.9. The van der Waals surface area contributed by atoms with Gasteiger partial charge in [0.15, 0.2) is 5.75 Å². The molecule has 1 aromatic carbocycles. The van der Waals surface area contributed by atoms with Gasteiger partial charge in [-0.1, -0.05) is 62.6 Å². The fourth-order valence-corrected chi connectivity index (χ4v) is 2.26. The number of hydrogen-bond acceptors (Lipinski definition) is 4. The summed E-state index contributed by atoms with van der Waals surface area (Å²) in [5.41, 5.74) is 3.13. The molecule has 1 heterocycles. The Labute approximate surface area is 150 Å². The molecule has 0 spiro atoms. The van der Waals surface area contributed by atoms with Crippen molar-refractivity contribution in [2.75, 3.05) is 13.2 Å². The summed E-state index contributed by atoms with van der Waals surface area (Å²) in [7, 11) is 0. The minimum Gasteiger partial charge on any atom is -0.488 e. The van der Waals surface area contributed by atoms with E-state index < -0.39 is 0 Å². The Morgan fingerprint density at radius 2 is 1.68 bits per heavy atom. The summed E-state index contributed by atoms with van der Waals surface area (Å²) in [4.78, 5) is 0. The molecule has 0 fully saturated rings. The molecule has 2 rings (SSSR count). The van der Waals surface area contributed by atoms with E-state index in [-0.39, 0.29) is 0 Å². The third-order valence-electron chi connectivity index (χ3n) is 3.73. The molecule has 0 bridgehead atoms. The van der Waals surface area contributed by atoms with Gasteiger partial charge in [0.2, 0.25) is 0 Å². The monoisotopic (exact) mass is 340 g/mol. The lowest BCUT2D eigenvalue weighted by atomic mass is 10.1. The first-order valence-corrected chi connectivity index (χ1v) is 9.11. The van der Waals surface area contributed by atoms with E-state index in [0.29, 0.717) is 24.8 Å². The number of ether oxygens (including phenoxy) is 2. The lowest BCUT2D eigenvalue weighted by Crippen LogP contribution is -2.05. The van der Waals surface area contributed by atoms with Crippen LogP contribution in [0.2, 0.25) is 0 Å². The molecule has 2 aromatic rings. The predicted molar refractivity (Wildman–Crippen MR) is 103 cm³/mol. The van der Waals surface area contributed by atoms with Gasteiger partial charge in [-0.25, -0.2) is 0 Å². The molecule has 0 atom stereocenters. The van der Waals surface area contributed by atoms with Gasteiger partial charge in [0, 0.05) is 6.07 Å². The second-order valence-corrected chi connectivity index (χ2v) is 6.09. The zero-order valence-corrected chi connectivity index (χ0v) is 15.5. The van der Waals surface area contributed by atoms with Gasteiger partial charge in [-0.3, -0.25) is 0 Å². The Balaban J connectivity index is 2.13. The summed E-state index contributed by atoms with van der Waals surface area (Å²) in [5, 5.41) is 8.45. The second-order valence-electron chi connectivity index (χ2n) is 6.09. The first-order chi connectivity index (χ1) is 12.2. The van der Waals surface area contributed by atoms with Crippen LogP contribution in [0.3, 0.4) is 0 Å². The quantitative estimate of drug-likeness (QED) is 0.550. The van der Waals surface area contributed by atoms with Crippen LogP contribution in [0.4, 0.5) is 0 Å².